The quantitative estimate of drug-likeness (QED) is 0.475. The predicted molar refractivity (Wildman–Crippen MR) is 92.6 cm³/mol. The molecule has 22 heavy (non-hydrogen) atoms. The first-order valence-corrected chi connectivity index (χ1v) is 8.35. The summed E-state index contributed by atoms with van der Waals surface area (Å²) in [6, 6.07) is 7.85. The Balaban J connectivity index is 1.70. The van der Waals surface area contributed by atoms with Crippen molar-refractivity contribution in [1.82, 2.24) is 10.2 Å². The molecule has 1 saturated heterocycles. The molecule has 1 fully saturated rings. The van der Waals surface area contributed by atoms with Gasteiger partial charge < -0.3 is 19.7 Å². The van der Waals surface area contributed by atoms with Crippen LogP contribution in [-0.4, -0.2) is 57.9 Å². The van der Waals surface area contributed by atoms with Crippen LogP contribution in [0.5, 0.6) is 5.75 Å². The lowest BCUT2D eigenvalue weighted by Crippen LogP contribution is -2.41. The SMILES string of the molecule is CN=C(NCCOc1ccc(Br)cc1)N1CCC(COC)C1. The molecule has 122 valence electrons. The van der Waals surface area contributed by atoms with Crippen LogP contribution in [0.2, 0.25) is 0 Å². The second-order valence-electron chi connectivity index (χ2n) is 5.33. The fraction of sp³-hybridized carbons (Fsp3) is 0.562. The highest BCUT2D eigenvalue weighted by Crippen LogP contribution is 2.17. The molecule has 0 saturated carbocycles. The number of aliphatic imine (C=N–C) groups is 1. The monoisotopic (exact) mass is 369 g/mol. The zero-order chi connectivity index (χ0) is 15.8. The number of likely N-dealkylation sites (tertiary alicyclic amines) is 1. The van der Waals surface area contributed by atoms with Gasteiger partial charge in [-0.05, 0) is 30.7 Å². The first kappa shape index (κ1) is 17.1. The third-order valence-electron chi connectivity index (χ3n) is 3.67. The number of rotatable bonds is 6. The smallest absolute Gasteiger partial charge is 0.193 e. The molecular weight excluding hydrogens is 346 g/mol. The summed E-state index contributed by atoms with van der Waals surface area (Å²) in [5.74, 6) is 2.42. The highest BCUT2D eigenvalue weighted by Gasteiger charge is 2.24. The molecule has 1 unspecified atom stereocenters. The lowest BCUT2D eigenvalue weighted by Gasteiger charge is -2.21. The molecule has 1 aliphatic heterocycles. The molecule has 1 heterocycles. The summed E-state index contributed by atoms with van der Waals surface area (Å²) in [5, 5.41) is 3.36. The summed E-state index contributed by atoms with van der Waals surface area (Å²) in [6.07, 6.45) is 1.16. The minimum absolute atomic E-state index is 0.600. The fourth-order valence-electron chi connectivity index (χ4n) is 2.59. The van der Waals surface area contributed by atoms with Crippen molar-refractivity contribution >= 4 is 21.9 Å². The van der Waals surface area contributed by atoms with E-state index >= 15 is 0 Å². The van der Waals surface area contributed by atoms with Crippen molar-refractivity contribution in [3.05, 3.63) is 28.7 Å². The number of methoxy groups -OCH3 is 1. The van der Waals surface area contributed by atoms with E-state index in [0.29, 0.717) is 12.5 Å². The Labute approximate surface area is 140 Å². The van der Waals surface area contributed by atoms with Gasteiger partial charge in [-0.3, -0.25) is 4.99 Å². The van der Waals surface area contributed by atoms with Gasteiger partial charge in [0.05, 0.1) is 13.2 Å². The molecule has 2 rings (SSSR count). The number of nitrogens with one attached hydrogen (secondary N) is 1. The van der Waals surface area contributed by atoms with E-state index < -0.39 is 0 Å². The number of ether oxygens (including phenoxy) is 2. The predicted octanol–water partition coefficient (Wildman–Crippen LogP) is 2.37. The number of halogens is 1. The normalized spacial score (nSPS) is 18.6. The minimum Gasteiger partial charge on any atom is -0.492 e. The Kier molecular flexibility index (Phi) is 6.99. The number of hydrogen-bond acceptors (Lipinski definition) is 3. The van der Waals surface area contributed by atoms with Crippen LogP contribution in [0.1, 0.15) is 6.42 Å². The average molecular weight is 370 g/mol. The molecule has 1 N–H and O–H groups in total. The van der Waals surface area contributed by atoms with Crippen molar-refractivity contribution in [2.45, 2.75) is 6.42 Å². The van der Waals surface area contributed by atoms with Crippen LogP contribution < -0.4 is 10.1 Å². The summed E-state index contributed by atoms with van der Waals surface area (Å²) >= 11 is 3.41. The summed E-state index contributed by atoms with van der Waals surface area (Å²) in [7, 11) is 3.58. The van der Waals surface area contributed by atoms with E-state index in [2.05, 4.69) is 31.1 Å². The van der Waals surface area contributed by atoms with Gasteiger partial charge in [-0.15, -0.1) is 0 Å². The summed E-state index contributed by atoms with van der Waals surface area (Å²) < 4.78 is 12.0. The van der Waals surface area contributed by atoms with E-state index in [9.17, 15) is 0 Å². The van der Waals surface area contributed by atoms with Gasteiger partial charge in [0.1, 0.15) is 12.4 Å². The average Bonchev–Trinajstić information content (AvgIpc) is 2.98. The van der Waals surface area contributed by atoms with Gasteiger partial charge in [-0.2, -0.15) is 0 Å². The van der Waals surface area contributed by atoms with Gasteiger partial charge in [-0.25, -0.2) is 0 Å². The Morgan fingerprint density at radius 1 is 1.41 bits per heavy atom. The van der Waals surface area contributed by atoms with E-state index in [1.54, 1.807) is 7.11 Å². The first-order chi connectivity index (χ1) is 10.7. The number of guanidine groups is 1. The summed E-state index contributed by atoms with van der Waals surface area (Å²) in [5.41, 5.74) is 0. The van der Waals surface area contributed by atoms with Crippen LogP contribution in [0.25, 0.3) is 0 Å². The Hall–Kier alpha value is -1.27. The standard InChI is InChI=1S/C16H24BrN3O2/c1-18-16(20-9-7-13(11-20)12-21-2)19-8-10-22-15-5-3-14(17)4-6-15/h3-6,13H,7-12H2,1-2H3,(H,18,19). The van der Waals surface area contributed by atoms with Gasteiger partial charge >= 0.3 is 0 Å². The van der Waals surface area contributed by atoms with Gasteiger partial charge in [0.25, 0.3) is 0 Å². The zero-order valence-corrected chi connectivity index (χ0v) is 14.8. The highest BCUT2D eigenvalue weighted by molar-refractivity contribution is 9.10. The van der Waals surface area contributed by atoms with E-state index in [-0.39, 0.29) is 0 Å². The molecule has 1 atom stereocenters. The molecule has 0 amide bonds. The number of benzene rings is 1. The van der Waals surface area contributed by atoms with Crippen LogP contribution in [-0.2, 0) is 4.74 Å². The van der Waals surface area contributed by atoms with E-state index in [1.165, 1.54) is 0 Å². The summed E-state index contributed by atoms with van der Waals surface area (Å²) in [4.78, 5) is 6.63. The second kappa shape index (κ2) is 9.00. The molecule has 0 aromatic heterocycles. The van der Waals surface area contributed by atoms with Crippen LogP contribution in [0.15, 0.2) is 33.7 Å². The molecule has 1 aliphatic rings. The fourth-order valence-corrected chi connectivity index (χ4v) is 2.86. The third-order valence-corrected chi connectivity index (χ3v) is 4.20. The zero-order valence-electron chi connectivity index (χ0n) is 13.2. The molecule has 5 nitrogen and oxygen atoms in total. The largest absolute Gasteiger partial charge is 0.492 e. The molecule has 0 bridgehead atoms. The second-order valence-corrected chi connectivity index (χ2v) is 6.25. The maximum atomic E-state index is 5.70. The molecule has 0 radical (unpaired) electrons. The molecule has 1 aromatic carbocycles. The Bertz CT molecular complexity index is 479. The molecule has 0 aliphatic carbocycles. The molecular formula is C16H24BrN3O2. The van der Waals surface area contributed by atoms with Crippen LogP contribution in [0.3, 0.4) is 0 Å². The van der Waals surface area contributed by atoms with E-state index in [1.807, 2.05) is 31.3 Å². The molecule has 0 spiro atoms. The lowest BCUT2D eigenvalue weighted by atomic mass is 10.1. The highest BCUT2D eigenvalue weighted by atomic mass is 79.9. The van der Waals surface area contributed by atoms with Crippen molar-refractivity contribution < 1.29 is 9.47 Å². The maximum absolute atomic E-state index is 5.70. The Morgan fingerprint density at radius 2 is 2.18 bits per heavy atom. The number of nitrogens with zero attached hydrogens (tertiary/aromatic N) is 2. The first-order valence-electron chi connectivity index (χ1n) is 7.56. The van der Waals surface area contributed by atoms with Crippen LogP contribution in [0.4, 0.5) is 0 Å². The molecule has 1 aromatic rings. The lowest BCUT2D eigenvalue weighted by molar-refractivity contribution is 0.157. The topological polar surface area (TPSA) is 46.1 Å². The Morgan fingerprint density at radius 3 is 2.86 bits per heavy atom. The van der Waals surface area contributed by atoms with Crippen molar-refractivity contribution in [2.24, 2.45) is 10.9 Å². The van der Waals surface area contributed by atoms with Crippen molar-refractivity contribution in [3.63, 3.8) is 0 Å². The van der Waals surface area contributed by atoms with Crippen molar-refractivity contribution in [2.75, 3.05) is 47.0 Å². The van der Waals surface area contributed by atoms with E-state index in [4.69, 9.17) is 9.47 Å². The summed E-state index contributed by atoms with van der Waals surface area (Å²) in [6.45, 7) is 4.19. The van der Waals surface area contributed by atoms with E-state index in [0.717, 1.165) is 48.8 Å². The number of hydrogen-bond donors (Lipinski definition) is 1. The van der Waals surface area contributed by atoms with Gasteiger partial charge in [-0.1, -0.05) is 15.9 Å². The van der Waals surface area contributed by atoms with Gasteiger partial charge in [0, 0.05) is 37.6 Å². The van der Waals surface area contributed by atoms with Crippen LogP contribution in [0, 0.1) is 5.92 Å². The van der Waals surface area contributed by atoms with Gasteiger partial charge in [0.2, 0.25) is 0 Å². The maximum Gasteiger partial charge on any atom is 0.193 e. The molecule has 6 heteroatoms. The van der Waals surface area contributed by atoms with Crippen molar-refractivity contribution in [1.29, 1.82) is 0 Å². The van der Waals surface area contributed by atoms with Gasteiger partial charge in [0.15, 0.2) is 5.96 Å². The third kappa shape index (κ3) is 5.18. The van der Waals surface area contributed by atoms with Crippen LogP contribution >= 0.6 is 15.9 Å². The minimum atomic E-state index is 0.600. The van der Waals surface area contributed by atoms with Crippen molar-refractivity contribution in [3.8, 4) is 5.75 Å².